The van der Waals surface area contributed by atoms with Crippen LogP contribution in [-0.4, -0.2) is 22.9 Å². The Labute approximate surface area is 94.9 Å². The molecule has 0 unspecified atom stereocenters. The SMILES string of the molecule is Cn1cc(OCCNc2ccccc2)cn1. The molecule has 4 heteroatoms. The summed E-state index contributed by atoms with van der Waals surface area (Å²) in [4.78, 5) is 0. The van der Waals surface area contributed by atoms with E-state index in [4.69, 9.17) is 4.74 Å². The first-order valence-electron chi connectivity index (χ1n) is 5.25. The smallest absolute Gasteiger partial charge is 0.157 e. The number of aromatic nitrogens is 2. The number of anilines is 1. The van der Waals surface area contributed by atoms with Gasteiger partial charge in [0.2, 0.25) is 0 Å². The average molecular weight is 217 g/mol. The minimum atomic E-state index is 0.626. The number of hydrogen-bond donors (Lipinski definition) is 1. The van der Waals surface area contributed by atoms with Crippen molar-refractivity contribution in [1.29, 1.82) is 0 Å². The van der Waals surface area contributed by atoms with Gasteiger partial charge in [0.05, 0.1) is 12.4 Å². The van der Waals surface area contributed by atoms with Gasteiger partial charge >= 0.3 is 0 Å². The number of nitrogens with one attached hydrogen (secondary N) is 1. The predicted molar refractivity (Wildman–Crippen MR) is 63.6 cm³/mol. The van der Waals surface area contributed by atoms with Crippen molar-refractivity contribution in [1.82, 2.24) is 9.78 Å². The third-order valence-electron chi connectivity index (χ3n) is 2.15. The molecule has 0 radical (unpaired) electrons. The molecule has 0 fully saturated rings. The summed E-state index contributed by atoms with van der Waals surface area (Å²) < 4.78 is 7.22. The summed E-state index contributed by atoms with van der Waals surface area (Å²) >= 11 is 0. The fraction of sp³-hybridized carbons (Fsp3) is 0.250. The molecule has 0 atom stereocenters. The second-order valence-electron chi connectivity index (χ2n) is 3.49. The molecule has 2 aromatic rings. The van der Waals surface area contributed by atoms with Gasteiger partial charge in [-0.05, 0) is 12.1 Å². The molecule has 16 heavy (non-hydrogen) atoms. The molecule has 0 aliphatic heterocycles. The molecule has 0 saturated heterocycles. The van der Waals surface area contributed by atoms with E-state index in [1.807, 2.05) is 43.6 Å². The zero-order valence-corrected chi connectivity index (χ0v) is 9.26. The number of rotatable bonds is 5. The Hall–Kier alpha value is -1.97. The maximum absolute atomic E-state index is 5.50. The van der Waals surface area contributed by atoms with E-state index >= 15 is 0 Å². The molecule has 1 N–H and O–H groups in total. The van der Waals surface area contributed by atoms with Crippen molar-refractivity contribution in [2.24, 2.45) is 7.05 Å². The lowest BCUT2D eigenvalue weighted by atomic mass is 10.3. The number of ether oxygens (including phenoxy) is 1. The van der Waals surface area contributed by atoms with E-state index in [1.54, 1.807) is 10.9 Å². The van der Waals surface area contributed by atoms with Gasteiger partial charge in [-0.2, -0.15) is 5.10 Å². The number of benzene rings is 1. The molecule has 0 aliphatic carbocycles. The van der Waals surface area contributed by atoms with Crippen LogP contribution in [0, 0.1) is 0 Å². The van der Waals surface area contributed by atoms with E-state index in [1.165, 1.54) is 0 Å². The van der Waals surface area contributed by atoms with Crippen LogP contribution in [0.15, 0.2) is 42.7 Å². The van der Waals surface area contributed by atoms with Gasteiger partial charge < -0.3 is 10.1 Å². The highest BCUT2D eigenvalue weighted by atomic mass is 16.5. The molecule has 0 amide bonds. The number of hydrogen-bond acceptors (Lipinski definition) is 3. The first kappa shape index (κ1) is 10.5. The third-order valence-corrected chi connectivity index (χ3v) is 2.15. The highest BCUT2D eigenvalue weighted by Crippen LogP contribution is 2.07. The lowest BCUT2D eigenvalue weighted by Gasteiger charge is -2.06. The maximum Gasteiger partial charge on any atom is 0.157 e. The Morgan fingerprint density at radius 2 is 2.12 bits per heavy atom. The molecule has 1 heterocycles. The normalized spacial score (nSPS) is 10.1. The zero-order valence-electron chi connectivity index (χ0n) is 9.26. The van der Waals surface area contributed by atoms with Crippen molar-refractivity contribution in [3.8, 4) is 5.75 Å². The average Bonchev–Trinajstić information content (AvgIpc) is 2.72. The lowest BCUT2D eigenvalue weighted by molar-refractivity contribution is 0.332. The fourth-order valence-corrected chi connectivity index (χ4v) is 1.39. The Balaban J connectivity index is 1.69. The van der Waals surface area contributed by atoms with E-state index in [0.717, 1.165) is 18.0 Å². The minimum Gasteiger partial charge on any atom is -0.488 e. The first-order chi connectivity index (χ1) is 7.84. The van der Waals surface area contributed by atoms with Crippen molar-refractivity contribution in [3.05, 3.63) is 42.7 Å². The molecule has 84 valence electrons. The van der Waals surface area contributed by atoms with Crippen molar-refractivity contribution in [2.45, 2.75) is 0 Å². The molecule has 1 aromatic heterocycles. The number of nitrogens with zero attached hydrogens (tertiary/aromatic N) is 2. The van der Waals surface area contributed by atoms with Gasteiger partial charge in [-0.1, -0.05) is 18.2 Å². The van der Waals surface area contributed by atoms with Crippen LogP contribution in [0.5, 0.6) is 5.75 Å². The van der Waals surface area contributed by atoms with Gasteiger partial charge in [0.1, 0.15) is 6.61 Å². The van der Waals surface area contributed by atoms with Gasteiger partial charge in [-0.15, -0.1) is 0 Å². The molecule has 0 aliphatic rings. The summed E-state index contributed by atoms with van der Waals surface area (Å²) in [6.45, 7) is 1.40. The molecular formula is C12H15N3O. The molecule has 0 saturated carbocycles. The van der Waals surface area contributed by atoms with E-state index in [2.05, 4.69) is 10.4 Å². The summed E-state index contributed by atoms with van der Waals surface area (Å²) in [5, 5.41) is 7.29. The van der Waals surface area contributed by atoms with Gasteiger partial charge in [-0.3, -0.25) is 4.68 Å². The number of aryl methyl sites for hydroxylation is 1. The first-order valence-corrected chi connectivity index (χ1v) is 5.25. The molecule has 4 nitrogen and oxygen atoms in total. The monoisotopic (exact) mass is 217 g/mol. The highest BCUT2D eigenvalue weighted by Gasteiger charge is 1.95. The zero-order chi connectivity index (χ0) is 11.2. The van der Waals surface area contributed by atoms with Crippen LogP contribution >= 0.6 is 0 Å². The van der Waals surface area contributed by atoms with Crippen LogP contribution in [0.3, 0.4) is 0 Å². The molecule has 0 spiro atoms. The molecule has 0 bridgehead atoms. The fourth-order valence-electron chi connectivity index (χ4n) is 1.39. The Morgan fingerprint density at radius 1 is 1.31 bits per heavy atom. The second-order valence-corrected chi connectivity index (χ2v) is 3.49. The predicted octanol–water partition coefficient (Wildman–Crippen LogP) is 1.91. The molecule has 2 rings (SSSR count). The standard InChI is InChI=1S/C12H15N3O/c1-15-10-12(9-14-15)16-8-7-13-11-5-3-2-4-6-11/h2-6,9-10,13H,7-8H2,1H3. The maximum atomic E-state index is 5.50. The topological polar surface area (TPSA) is 39.1 Å². The van der Waals surface area contributed by atoms with Crippen LogP contribution in [0.4, 0.5) is 5.69 Å². The van der Waals surface area contributed by atoms with Crippen molar-refractivity contribution < 1.29 is 4.74 Å². The van der Waals surface area contributed by atoms with Crippen LogP contribution in [0.25, 0.3) is 0 Å². The minimum absolute atomic E-state index is 0.626. The van der Waals surface area contributed by atoms with Crippen molar-refractivity contribution >= 4 is 5.69 Å². The Bertz CT molecular complexity index is 425. The summed E-state index contributed by atoms with van der Waals surface area (Å²) in [5.41, 5.74) is 1.11. The summed E-state index contributed by atoms with van der Waals surface area (Å²) in [6.07, 6.45) is 3.56. The Morgan fingerprint density at radius 3 is 2.81 bits per heavy atom. The highest BCUT2D eigenvalue weighted by molar-refractivity contribution is 5.42. The largest absolute Gasteiger partial charge is 0.488 e. The van der Waals surface area contributed by atoms with Gasteiger partial charge in [0.25, 0.3) is 0 Å². The van der Waals surface area contributed by atoms with Crippen molar-refractivity contribution in [2.75, 3.05) is 18.5 Å². The summed E-state index contributed by atoms with van der Waals surface area (Å²) in [5.74, 6) is 0.803. The van der Waals surface area contributed by atoms with E-state index < -0.39 is 0 Å². The lowest BCUT2D eigenvalue weighted by Crippen LogP contribution is -2.11. The van der Waals surface area contributed by atoms with Crippen LogP contribution in [0.2, 0.25) is 0 Å². The van der Waals surface area contributed by atoms with E-state index in [-0.39, 0.29) is 0 Å². The molecule has 1 aromatic carbocycles. The molecular weight excluding hydrogens is 202 g/mol. The van der Waals surface area contributed by atoms with Crippen molar-refractivity contribution in [3.63, 3.8) is 0 Å². The Kier molecular flexibility index (Phi) is 3.43. The summed E-state index contributed by atoms with van der Waals surface area (Å²) in [7, 11) is 1.87. The summed E-state index contributed by atoms with van der Waals surface area (Å²) in [6, 6.07) is 10.1. The quantitative estimate of drug-likeness (QED) is 0.778. The van der Waals surface area contributed by atoms with Gasteiger partial charge in [0, 0.05) is 19.3 Å². The number of para-hydroxylation sites is 1. The van der Waals surface area contributed by atoms with Gasteiger partial charge in [-0.25, -0.2) is 0 Å². The van der Waals surface area contributed by atoms with E-state index in [9.17, 15) is 0 Å². The van der Waals surface area contributed by atoms with Crippen LogP contribution in [-0.2, 0) is 7.05 Å². The van der Waals surface area contributed by atoms with Gasteiger partial charge in [0.15, 0.2) is 5.75 Å². The third kappa shape index (κ3) is 3.02. The van der Waals surface area contributed by atoms with Crippen LogP contribution < -0.4 is 10.1 Å². The second kappa shape index (κ2) is 5.21. The van der Waals surface area contributed by atoms with Crippen LogP contribution in [0.1, 0.15) is 0 Å². The van der Waals surface area contributed by atoms with E-state index in [0.29, 0.717) is 6.61 Å².